The lowest BCUT2D eigenvalue weighted by Crippen LogP contribution is -2.43. The van der Waals surface area contributed by atoms with Crippen molar-refractivity contribution in [1.82, 2.24) is 5.32 Å². The third kappa shape index (κ3) is 3.06. The summed E-state index contributed by atoms with van der Waals surface area (Å²) in [5.41, 5.74) is 0. The van der Waals surface area contributed by atoms with Crippen molar-refractivity contribution in [1.29, 1.82) is 0 Å². The van der Waals surface area contributed by atoms with Crippen molar-refractivity contribution < 1.29 is 4.21 Å². The van der Waals surface area contributed by atoms with Crippen LogP contribution in [-0.2, 0) is 10.8 Å². The fourth-order valence-corrected chi connectivity index (χ4v) is 3.87. The fraction of sp³-hybridized carbons (Fsp3) is 1.00. The molecule has 0 aromatic rings. The molecular weight excluding hydrogens is 182 g/mol. The van der Waals surface area contributed by atoms with Crippen LogP contribution >= 0.6 is 0 Å². The van der Waals surface area contributed by atoms with E-state index in [2.05, 4.69) is 12.2 Å². The van der Waals surface area contributed by atoms with Crippen LogP contribution in [0.3, 0.4) is 0 Å². The molecule has 78 valence electrons. The number of rotatable bonds is 4. The first-order valence-electron chi connectivity index (χ1n) is 5.34. The van der Waals surface area contributed by atoms with E-state index in [0.29, 0.717) is 11.3 Å². The van der Waals surface area contributed by atoms with Crippen molar-refractivity contribution in [2.75, 3.05) is 12.8 Å². The molecule has 1 saturated carbocycles. The van der Waals surface area contributed by atoms with Gasteiger partial charge in [0.25, 0.3) is 0 Å². The second kappa shape index (κ2) is 5.76. The summed E-state index contributed by atoms with van der Waals surface area (Å²) < 4.78 is 11.8. The van der Waals surface area contributed by atoms with E-state index in [-0.39, 0.29) is 0 Å². The van der Waals surface area contributed by atoms with Crippen molar-refractivity contribution in [3.8, 4) is 0 Å². The summed E-state index contributed by atoms with van der Waals surface area (Å²) in [4.78, 5) is 0. The molecule has 1 fully saturated rings. The maximum atomic E-state index is 11.8. The van der Waals surface area contributed by atoms with Gasteiger partial charge in [-0.3, -0.25) is 4.21 Å². The summed E-state index contributed by atoms with van der Waals surface area (Å²) in [6.45, 7) is 2.11. The summed E-state index contributed by atoms with van der Waals surface area (Å²) in [6.07, 6.45) is 5.96. The SMILES string of the molecule is CCCS(=O)C1CCCCC1NC. The van der Waals surface area contributed by atoms with Crippen molar-refractivity contribution in [3.05, 3.63) is 0 Å². The Morgan fingerprint density at radius 1 is 1.38 bits per heavy atom. The largest absolute Gasteiger partial charge is 0.316 e. The standard InChI is InChI=1S/C10H21NOS/c1-3-8-13(12)10-7-5-4-6-9(10)11-2/h9-11H,3-8H2,1-2H3. The van der Waals surface area contributed by atoms with Gasteiger partial charge in [0.2, 0.25) is 0 Å². The van der Waals surface area contributed by atoms with Gasteiger partial charge < -0.3 is 5.32 Å². The molecule has 1 aliphatic carbocycles. The average molecular weight is 203 g/mol. The molecular formula is C10H21NOS. The van der Waals surface area contributed by atoms with Gasteiger partial charge in [-0.15, -0.1) is 0 Å². The highest BCUT2D eigenvalue weighted by Gasteiger charge is 2.27. The second-order valence-electron chi connectivity index (χ2n) is 3.80. The van der Waals surface area contributed by atoms with Crippen LogP contribution in [0.15, 0.2) is 0 Å². The molecule has 1 rings (SSSR count). The predicted octanol–water partition coefficient (Wildman–Crippen LogP) is 1.68. The Labute approximate surface area is 83.9 Å². The smallest absolute Gasteiger partial charge is 0.0501 e. The molecule has 13 heavy (non-hydrogen) atoms. The summed E-state index contributed by atoms with van der Waals surface area (Å²) in [5, 5.41) is 3.72. The Morgan fingerprint density at radius 2 is 2.08 bits per heavy atom. The lowest BCUT2D eigenvalue weighted by atomic mass is 9.95. The Bertz CT molecular complexity index is 172. The van der Waals surface area contributed by atoms with Crippen LogP contribution in [0, 0.1) is 0 Å². The van der Waals surface area contributed by atoms with Crippen molar-refractivity contribution in [2.45, 2.75) is 50.3 Å². The minimum Gasteiger partial charge on any atom is -0.316 e. The van der Waals surface area contributed by atoms with Crippen LogP contribution in [0.25, 0.3) is 0 Å². The Morgan fingerprint density at radius 3 is 2.69 bits per heavy atom. The topological polar surface area (TPSA) is 29.1 Å². The highest BCUT2D eigenvalue weighted by Crippen LogP contribution is 2.22. The number of hydrogen-bond acceptors (Lipinski definition) is 2. The first kappa shape index (κ1) is 11.2. The van der Waals surface area contributed by atoms with Gasteiger partial charge in [-0.2, -0.15) is 0 Å². The van der Waals surface area contributed by atoms with E-state index in [4.69, 9.17) is 0 Å². The summed E-state index contributed by atoms with van der Waals surface area (Å²) in [5.74, 6) is 0.878. The molecule has 0 aromatic carbocycles. The lowest BCUT2D eigenvalue weighted by Gasteiger charge is -2.30. The normalized spacial score (nSPS) is 31.5. The van der Waals surface area contributed by atoms with Crippen LogP contribution < -0.4 is 5.32 Å². The van der Waals surface area contributed by atoms with Crippen molar-refractivity contribution in [3.63, 3.8) is 0 Å². The van der Waals surface area contributed by atoms with Crippen molar-refractivity contribution >= 4 is 10.8 Å². The molecule has 3 heteroatoms. The van der Waals surface area contributed by atoms with Gasteiger partial charge in [-0.1, -0.05) is 19.8 Å². The van der Waals surface area contributed by atoms with E-state index in [9.17, 15) is 4.21 Å². The van der Waals surface area contributed by atoms with Gasteiger partial charge >= 0.3 is 0 Å². The molecule has 1 N–H and O–H groups in total. The second-order valence-corrected chi connectivity index (χ2v) is 5.58. The van der Waals surface area contributed by atoms with E-state index in [1.54, 1.807) is 0 Å². The third-order valence-corrected chi connectivity index (χ3v) is 4.87. The first-order valence-corrected chi connectivity index (χ1v) is 6.72. The summed E-state index contributed by atoms with van der Waals surface area (Å²) in [6, 6.07) is 0.501. The third-order valence-electron chi connectivity index (χ3n) is 2.82. The van der Waals surface area contributed by atoms with Crippen molar-refractivity contribution in [2.24, 2.45) is 0 Å². The molecule has 0 aromatic heterocycles. The Hall–Kier alpha value is 0.110. The summed E-state index contributed by atoms with van der Waals surface area (Å²) in [7, 11) is 1.39. The van der Waals surface area contributed by atoms with Gasteiger partial charge in [0, 0.05) is 22.6 Å². The van der Waals surface area contributed by atoms with E-state index < -0.39 is 10.8 Å². The predicted molar refractivity (Wildman–Crippen MR) is 58.4 cm³/mol. The molecule has 0 radical (unpaired) electrons. The molecule has 0 spiro atoms. The van der Waals surface area contributed by atoms with Gasteiger partial charge in [0.15, 0.2) is 0 Å². The van der Waals surface area contributed by atoms with Crippen LogP contribution in [0.2, 0.25) is 0 Å². The Balaban J connectivity index is 2.48. The zero-order valence-corrected chi connectivity index (χ0v) is 9.53. The molecule has 0 saturated heterocycles. The van der Waals surface area contributed by atoms with Gasteiger partial charge in [0.1, 0.15) is 0 Å². The van der Waals surface area contributed by atoms with Crippen LogP contribution in [0.5, 0.6) is 0 Å². The number of hydrogen-bond donors (Lipinski definition) is 1. The minimum absolute atomic E-state index is 0.415. The molecule has 0 bridgehead atoms. The zero-order chi connectivity index (χ0) is 9.68. The van der Waals surface area contributed by atoms with Gasteiger partial charge in [-0.25, -0.2) is 0 Å². The highest BCUT2D eigenvalue weighted by atomic mass is 32.2. The van der Waals surface area contributed by atoms with Crippen LogP contribution in [0.4, 0.5) is 0 Å². The monoisotopic (exact) mass is 203 g/mol. The van der Waals surface area contributed by atoms with Gasteiger partial charge in [0.05, 0.1) is 5.25 Å². The summed E-state index contributed by atoms with van der Waals surface area (Å²) >= 11 is 0. The Kier molecular flexibility index (Phi) is 4.96. The van der Waals surface area contributed by atoms with E-state index in [1.807, 2.05) is 7.05 Å². The maximum Gasteiger partial charge on any atom is 0.0501 e. The fourth-order valence-electron chi connectivity index (χ4n) is 2.09. The molecule has 0 aliphatic heterocycles. The average Bonchev–Trinajstić information content (AvgIpc) is 2.18. The van der Waals surface area contributed by atoms with Crippen LogP contribution in [0.1, 0.15) is 39.0 Å². The molecule has 1 aliphatic rings. The van der Waals surface area contributed by atoms with E-state index in [0.717, 1.165) is 18.6 Å². The van der Waals surface area contributed by atoms with E-state index in [1.165, 1.54) is 19.3 Å². The molecule has 0 amide bonds. The molecule has 3 atom stereocenters. The van der Waals surface area contributed by atoms with Gasteiger partial charge in [-0.05, 0) is 26.3 Å². The minimum atomic E-state index is -0.599. The van der Waals surface area contributed by atoms with E-state index >= 15 is 0 Å². The molecule has 3 unspecified atom stereocenters. The quantitative estimate of drug-likeness (QED) is 0.753. The highest BCUT2D eigenvalue weighted by molar-refractivity contribution is 7.85. The first-order chi connectivity index (χ1) is 6.29. The number of nitrogens with one attached hydrogen (secondary N) is 1. The molecule has 2 nitrogen and oxygen atoms in total. The molecule has 0 heterocycles. The maximum absolute atomic E-state index is 11.8. The lowest BCUT2D eigenvalue weighted by molar-refractivity contribution is 0.399. The zero-order valence-electron chi connectivity index (χ0n) is 8.71. The van der Waals surface area contributed by atoms with Crippen LogP contribution in [-0.4, -0.2) is 28.3 Å².